The van der Waals surface area contributed by atoms with Gasteiger partial charge in [-0.3, -0.25) is 0 Å². The largest absolute Gasteiger partial charge is 0.456 e. The van der Waals surface area contributed by atoms with E-state index in [4.69, 9.17) is 19.4 Å². The molecule has 0 radical (unpaired) electrons. The van der Waals surface area contributed by atoms with Gasteiger partial charge in [0.2, 0.25) is 0 Å². The van der Waals surface area contributed by atoms with Gasteiger partial charge in [0.1, 0.15) is 11.2 Å². The molecule has 0 aliphatic carbocycles. The van der Waals surface area contributed by atoms with E-state index in [0.29, 0.717) is 17.5 Å². The summed E-state index contributed by atoms with van der Waals surface area (Å²) in [5.74, 6) is 1.91. The molecule has 0 fully saturated rings. The molecule has 220 valence electrons. The summed E-state index contributed by atoms with van der Waals surface area (Å²) in [5.41, 5.74) is 9.19. The predicted molar refractivity (Wildman–Crippen MR) is 192 cm³/mol. The number of rotatable bonds is 5. The van der Waals surface area contributed by atoms with Crippen molar-refractivity contribution < 1.29 is 4.42 Å². The maximum Gasteiger partial charge on any atom is 0.164 e. The number of hydrogen-bond donors (Lipinski definition) is 0. The molecular weight excluding hydrogens is 574 g/mol. The Labute approximate surface area is 271 Å². The summed E-state index contributed by atoms with van der Waals surface area (Å²) < 4.78 is 6.24. The van der Waals surface area contributed by atoms with Gasteiger partial charge in [-0.25, -0.2) is 15.0 Å². The monoisotopic (exact) mass is 601 g/mol. The molecule has 2 heterocycles. The van der Waals surface area contributed by atoms with Crippen molar-refractivity contribution >= 4 is 32.7 Å². The van der Waals surface area contributed by atoms with Gasteiger partial charge in [0.25, 0.3) is 0 Å². The maximum absolute atomic E-state index is 6.24. The summed E-state index contributed by atoms with van der Waals surface area (Å²) in [6, 6.07) is 56.3. The summed E-state index contributed by atoms with van der Waals surface area (Å²) in [6.45, 7) is 0. The highest BCUT2D eigenvalue weighted by Crippen LogP contribution is 2.41. The molecule has 0 unspecified atom stereocenters. The van der Waals surface area contributed by atoms with Crippen LogP contribution in [0, 0.1) is 0 Å². The Balaban J connectivity index is 1.23. The minimum atomic E-state index is 0.635. The van der Waals surface area contributed by atoms with Gasteiger partial charge < -0.3 is 4.42 Å². The van der Waals surface area contributed by atoms with Crippen LogP contribution in [-0.4, -0.2) is 15.0 Å². The summed E-state index contributed by atoms with van der Waals surface area (Å²) in [7, 11) is 0. The molecule has 2 aromatic heterocycles. The van der Waals surface area contributed by atoms with Gasteiger partial charge in [-0.1, -0.05) is 152 Å². The van der Waals surface area contributed by atoms with Gasteiger partial charge in [-0.2, -0.15) is 0 Å². The van der Waals surface area contributed by atoms with Gasteiger partial charge >= 0.3 is 0 Å². The third-order valence-electron chi connectivity index (χ3n) is 8.77. The average Bonchev–Trinajstić information content (AvgIpc) is 3.54. The van der Waals surface area contributed by atoms with Crippen LogP contribution >= 0.6 is 0 Å². The molecule has 0 aliphatic rings. The zero-order valence-corrected chi connectivity index (χ0v) is 25.3. The molecule has 0 spiro atoms. The van der Waals surface area contributed by atoms with E-state index < -0.39 is 0 Å². The number of para-hydroxylation sites is 1. The Kier molecular flexibility index (Phi) is 6.43. The van der Waals surface area contributed by atoms with Crippen LogP contribution in [0.2, 0.25) is 0 Å². The van der Waals surface area contributed by atoms with Crippen LogP contribution in [0.5, 0.6) is 0 Å². The van der Waals surface area contributed by atoms with E-state index in [1.165, 1.54) is 5.56 Å². The number of fused-ring (bicyclic) bond motifs is 4. The van der Waals surface area contributed by atoms with Crippen molar-refractivity contribution in [2.24, 2.45) is 0 Å². The second-order valence-corrected chi connectivity index (χ2v) is 11.6. The minimum absolute atomic E-state index is 0.635. The Hall–Kier alpha value is -6.39. The highest BCUT2D eigenvalue weighted by Gasteiger charge is 2.18. The zero-order valence-electron chi connectivity index (χ0n) is 25.3. The normalized spacial score (nSPS) is 11.4. The fourth-order valence-electron chi connectivity index (χ4n) is 6.52. The van der Waals surface area contributed by atoms with E-state index in [2.05, 4.69) is 109 Å². The zero-order chi connectivity index (χ0) is 31.2. The third kappa shape index (κ3) is 4.75. The lowest BCUT2D eigenvalue weighted by Crippen LogP contribution is -2.00. The van der Waals surface area contributed by atoms with Gasteiger partial charge in [0, 0.05) is 27.5 Å². The van der Waals surface area contributed by atoms with Crippen LogP contribution in [-0.2, 0) is 0 Å². The fourth-order valence-corrected chi connectivity index (χ4v) is 6.52. The van der Waals surface area contributed by atoms with Crippen LogP contribution in [0.15, 0.2) is 168 Å². The number of benzene rings is 7. The first-order valence-electron chi connectivity index (χ1n) is 15.7. The van der Waals surface area contributed by atoms with E-state index in [9.17, 15) is 0 Å². The molecule has 4 heteroatoms. The van der Waals surface area contributed by atoms with Crippen LogP contribution in [0.3, 0.4) is 0 Å². The Morgan fingerprint density at radius 1 is 0.298 bits per heavy atom. The van der Waals surface area contributed by atoms with Crippen molar-refractivity contribution in [1.82, 2.24) is 15.0 Å². The smallest absolute Gasteiger partial charge is 0.164 e. The van der Waals surface area contributed by atoms with Crippen molar-refractivity contribution in [3.8, 4) is 56.4 Å². The second-order valence-electron chi connectivity index (χ2n) is 11.6. The van der Waals surface area contributed by atoms with E-state index >= 15 is 0 Å². The molecule has 47 heavy (non-hydrogen) atoms. The molecule has 9 rings (SSSR count). The van der Waals surface area contributed by atoms with Crippen LogP contribution in [0.25, 0.3) is 89.1 Å². The Morgan fingerprint density at radius 2 is 0.766 bits per heavy atom. The molecule has 0 saturated carbocycles. The molecular formula is C43H27N3O. The molecule has 0 saturated heterocycles. The van der Waals surface area contributed by atoms with Gasteiger partial charge in [-0.05, 0) is 45.2 Å². The molecule has 9 aromatic rings. The first-order chi connectivity index (χ1) is 23.3. The van der Waals surface area contributed by atoms with Crippen molar-refractivity contribution in [1.29, 1.82) is 0 Å². The van der Waals surface area contributed by atoms with Gasteiger partial charge in [0.05, 0.1) is 0 Å². The lowest BCUT2D eigenvalue weighted by atomic mass is 9.93. The summed E-state index contributed by atoms with van der Waals surface area (Å²) >= 11 is 0. The lowest BCUT2D eigenvalue weighted by Gasteiger charge is -2.13. The highest BCUT2D eigenvalue weighted by molar-refractivity contribution is 6.16. The highest BCUT2D eigenvalue weighted by atomic mass is 16.3. The van der Waals surface area contributed by atoms with Crippen molar-refractivity contribution in [3.63, 3.8) is 0 Å². The van der Waals surface area contributed by atoms with Crippen molar-refractivity contribution in [2.75, 3.05) is 0 Å². The molecule has 0 aliphatic heterocycles. The number of hydrogen-bond acceptors (Lipinski definition) is 4. The lowest BCUT2D eigenvalue weighted by molar-refractivity contribution is 0.669. The first-order valence-corrected chi connectivity index (χ1v) is 15.7. The summed E-state index contributed by atoms with van der Waals surface area (Å²) in [5, 5.41) is 4.43. The molecule has 0 amide bonds. The first kappa shape index (κ1) is 27.0. The van der Waals surface area contributed by atoms with Crippen LogP contribution < -0.4 is 0 Å². The van der Waals surface area contributed by atoms with Crippen LogP contribution in [0.4, 0.5) is 0 Å². The Bertz CT molecular complexity index is 2550. The Morgan fingerprint density at radius 3 is 1.51 bits per heavy atom. The van der Waals surface area contributed by atoms with Crippen molar-refractivity contribution in [3.05, 3.63) is 164 Å². The summed E-state index contributed by atoms with van der Waals surface area (Å²) in [6.07, 6.45) is 0. The topological polar surface area (TPSA) is 51.8 Å². The van der Waals surface area contributed by atoms with Gasteiger partial charge in [0.15, 0.2) is 17.5 Å². The van der Waals surface area contributed by atoms with E-state index in [1.54, 1.807) is 0 Å². The molecule has 0 bridgehead atoms. The number of furan rings is 1. The van der Waals surface area contributed by atoms with Crippen LogP contribution in [0.1, 0.15) is 0 Å². The molecule has 7 aromatic carbocycles. The quantitative estimate of drug-likeness (QED) is 0.197. The molecule has 4 nitrogen and oxygen atoms in total. The van der Waals surface area contributed by atoms with E-state index in [0.717, 1.165) is 66.1 Å². The predicted octanol–water partition coefficient (Wildman–Crippen LogP) is 11.3. The fraction of sp³-hybridized carbons (Fsp3) is 0. The second kappa shape index (κ2) is 11.2. The third-order valence-corrected chi connectivity index (χ3v) is 8.77. The number of nitrogens with zero attached hydrogens (tertiary/aromatic N) is 3. The summed E-state index contributed by atoms with van der Waals surface area (Å²) in [4.78, 5) is 15.1. The van der Waals surface area contributed by atoms with E-state index in [-0.39, 0.29) is 0 Å². The SMILES string of the molecule is c1ccc(-c2ccc(-c3nc(-c4ccccc4)nc(-c4cccc5c(-c6cccc7oc8ccccc8c67)cccc45)n3)cc2)cc1. The van der Waals surface area contributed by atoms with Crippen molar-refractivity contribution in [2.45, 2.75) is 0 Å². The average molecular weight is 602 g/mol. The standard InChI is InChI=1S/C43H27N3O/c1-3-12-28(13-4-1)29-24-26-31(27-25-29)42-44-41(30-14-5-2-6-15-30)45-43(46-42)36-21-10-17-32-33(18-9-19-34(32)36)35-20-11-23-39-40(35)37-16-7-8-22-38(37)47-39/h1-27H. The number of aromatic nitrogens is 3. The minimum Gasteiger partial charge on any atom is -0.456 e. The molecule has 0 atom stereocenters. The van der Waals surface area contributed by atoms with Gasteiger partial charge in [-0.15, -0.1) is 0 Å². The molecule has 0 N–H and O–H groups in total. The van der Waals surface area contributed by atoms with E-state index in [1.807, 2.05) is 54.6 Å². The maximum atomic E-state index is 6.24.